The highest BCUT2D eigenvalue weighted by Gasteiger charge is 2.17. The summed E-state index contributed by atoms with van der Waals surface area (Å²) in [6.07, 6.45) is 0.420. The van der Waals surface area contributed by atoms with Gasteiger partial charge < -0.3 is 10.7 Å². The van der Waals surface area contributed by atoms with Crippen molar-refractivity contribution < 1.29 is 9.59 Å². The van der Waals surface area contributed by atoms with Crippen LogP contribution >= 0.6 is 11.6 Å². The molecule has 22 heavy (non-hydrogen) atoms. The van der Waals surface area contributed by atoms with Gasteiger partial charge in [-0.15, -0.1) is 0 Å². The quantitative estimate of drug-likeness (QED) is 0.376. The molecule has 0 aliphatic rings. The molecule has 0 atom stereocenters. The van der Waals surface area contributed by atoms with Crippen LogP contribution in [-0.2, 0) is 4.79 Å². The molecular formula is C14H16ClN5O2. The second-order valence-corrected chi connectivity index (χ2v) is 4.49. The third kappa shape index (κ3) is 4.77. The van der Waals surface area contributed by atoms with Gasteiger partial charge >= 0.3 is 6.03 Å². The Kier molecular flexibility index (Phi) is 6.89. The molecule has 3 amide bonds. The number of halogens is 1. The van der Waals surface area contributed by atoms with Crippen LogP contribution in [0.15, 0.2) is 35.5 Å². The number of benzene rings is 1. The van der Waals surface area contributed by atoms with Crippen molar-refractivity contribution in [3.63, 3.8) is 0 Å². The van der Waals surface area contributed by atoms with Gasteiger partial charge in [-0.2, -0.15) is 5.26 Å². The number of carbonyl (C=O) groups excluding carboxylic acids is 2. The van der Waals surface area contributed by atoms with E-state index in [2.05, 4.69) is 21.5 Å². The van der Waals surface area contributed by atoms with Crippen molar-refractivity contribution in [1.82, 2.24) is 16.2 Å². The Bertz CT molecular complexity index is 636. The maximum atomic E-state index is 12.0. The number of anilines is 1. The molecule has 0 radical (unpaired) electrons. The van der Waals surface area contributed by atoms with Crippen LogP contribution in [0.1, 0.15) is 13.3 Å². The second-order valence-electron chi connectivity index (χ2n) is 4.08. The highest BCUT2D eigenvalue weighted by molar-refractivity contribution is 6.33. The number of nitrogens with zero attached hydrogens (tertiary/aromatic N) is 1. The number of rotatable bonds is 5. The van der Waals surface area contributed by atoms with Crippen molar-refractivity contribution >= 4 is 29.2 Å². The van der Waals surface area contributed by atoms with Gasteiger partial charge in [0.25, 0.3) is 5.91 Å². The van der Waals surface area contributed by atoms with Crippen LogP contribution in [-0.4, -0.2) is 19.0 Å². The molecular weight excluding hydrogens is 306 g/mol. The number of amides is 3. The molecule has 116 valence electrons. The zero-order chi connectivity index (χ0) is 16.5. The zero-order valence-corrected chi connectivity index (χ0v) is 12.9. The fourth-order valence-electron chi connectivity index (χ4n) is 1.62. The monoisotopic (exact) mass is 321 g/mol. The van der Waals surface area contributed by atoms with Crippen LogP contribution in [0.25, 0.3) is 0 Å². The van der Waals surface area contributed by atoms with Gasteiger partial charge in [-0.1, -0.05) is 30.7 Å². The lowest BCUT2D eigenvalue weighted by molar-refractivity contribution is -0.116. The number of nitrogens with one attached hydrogen (secondary N) is 4. The number of allylic oxidation sites excluding steroid dienone is 1. The minimum atomic E-state index is -0.799. The van der Waals surface area contributed by atoms with Crippen LogP contribution in [0, 0.1) is 11.3 Å². The van der Waals surface area contributed by atoms with Gasteiger partial charge in [-0.05, 0) is 18.6 Å². The average molecular weight is 322 g/mol. The predicted molar refractivity (Wildman–Crippen MR) is 83.7 cm³/mol. The Balaban J connectivity index is 2.81. The topological polar surface area (TPSA) is 106 Å². The molecule has 0 unspecified atom stereocenters. The van der Waals surface area contributed by atoms with E-state index in [-0.39, 0.29) is 5.57 Å². The molecule has 0 aliphatic carbocycles. The average Bonchev–Trinajstić information content (AvgIpc) is 2.49. The van der Waals surface area contributed by atoms with Crippen LogP contribution in [0.5, 0.6) is 0 Å². The van der Waals surface area contributed by atoms with E-state index in [0.29, 0.717) is 22.8 Å². The summed E-state index contributed by atoms with van der Waals surface area (Å²) in [5.41, 5.74) is 5.89. The molecule has 4 N–H and O–H groups in total. The summed E-state index contributed by atoms with van der Waals surface area (Å²) < 4.78 is 0. The molecule has 0 saturated carbocycles. The van der Waals surface area contributed by atoms with Crippen molar-refractivity contribution in [2.24, 2.45) is 0 Å². The fourth-order valence-corrected chi connectivity index (χ4v) is 1.80. The van der Waals surface area contributed by atoms with Crippen molar-refractivity contribution in [3.8, 4) is 6.07 Å². The lowest BCUT2D eigenvalue weighted by Crippen LogP contribution is -2.37. The van der Waals surface area contributed by atoms with E-state index >= 15 is 0 Å². The Labute approximate surface area is 133 Å². The molecule has 0 aromatic heterocycles. The van der Waals surface area contributed by atoms with Crippen LogP contribution in [0.2, 0.25) is 5.02 Å². The summed E-state index contributed by atoms with van der Waals surface area (Å²) >= 11 is 5.90. The molecule has 0 aliphatic heterocycles. The SMILES string of the molecule is CCC(NNC)=C(C#N)C(=O)NC(=O)Nc1ccccc1Cl. The molecule has 1 rings (SSSR count). The van der Waals surface area contributed by atoms with Crippen molar-refractivity contribution in [2.45, 2.75) is 13.3 Å². The first-order valence-electron chi connectivity index (χ1n) is 6.46. The normalized spacial score (nSPS) is 11.0. The van der Waals surface area contributed by atoms with E-state index < -0.39 is 11.9 Å². The Morgan fingerprint density at radius 2 is 2.00 bits per heavy atom. The fraction of sp³-hybridized carbons (Fsp3) is 0.214. The first-order valence-corrected chi connectivity index (χ1v) is 6.84. The minimum Gasteiger partial charge on any atom is -0.324 e. The third-order valence-corrected chi connectivity index (χ3v) is 2.95. The number of hydrogen-bond donors (Lipinski definition) is 4. The van der Waals surface area contributed by atoms with Crippen LogP contribution < -0.4 is 21.5 Å². The van der Waals surface area contributed by atoms with Crippen molar-refractivity contribution in [2.75, 3.05) is 12.4 Å². The summed E-state index contributed by atoms with van der Waals surface area (Å²) in [4.78, 5) is 23.8. The number of urea groups is 1. The third-order valence-electron chi connectivity index (χ3n) is 2.62. The molecule has 1 aromatic rings. The Morgan fingerprint density at radius 1 is 1.32 bits per heavy atom. The molecule has 0 heterocycles. The van der Waals surface area contributed by atoms with Gasteiger partial charge in [0.15, 0.2) is 0 Å². The van der Waals surface area contributed by atoms with Gasteiger partial charge in [-0.25, -0.2) is 10.2 Å². The Morgan fingerprint density at radius 3 is 2.55 bits per heavy atom. The molecule has 7 nitrogen and oxygen atoms in total. The number of para-hydroxylation sites is 1. The van der Waals surface area contributed by atoms with E-state index in [9.17, 15) is 9.59 Å². The summed E-state index contributed by atoms with van der Waals surface area (Å²) in [6, 6.07) is 7.60. The molecule has 0 fully saturated rings. The van der Waals surface area contributed by atoms with Gasteiger partial charge in [-0.3, -0.25) is 10.1 Å². The molecule has 0 bridgehead atoms. The summed E-state index contributed by atoms with van der Waals surface area (Å²) in [5.74, 6) is -0.799. The number of imide groups is 1. The molecule has 1 aromatic carbocycles. The zero-order valence-electron chi connectivity index (χ0n) is 12.2. The van der Waals surface area contributed by atoms with E-state index in [1.165, 1.54) is 0 Å². The van der Waals surface area contributed by atoms with Crippen LogP contribution in [0.4, 0.5) is 10.5 Å². The van der Waals surface area contributed by atoms with Crippen molar-refractivity contribution in [1.29, 1.82) is 5.26 Å². The summed E-state index contributed by atoms with van der Waals surface area (Å²) in [6.45, 7) is 1.77. The molecule has 0 saturated heterocycles. The highest BCUT2D eigenvalue weighted by atomic mass is 35.5. The Hall–Kier alpha value is -2.56. The van der Waals surface area contributed by atoms with Crippen LogP contribution in [0.3, 0.4) is 0 Å². The van der Waals surface area contributed by atoms with Gasteiger partial charge in [0, 0.05) is 12.7 Å². The number of hydrazine groups is 1. The van der Waals surface area contributed by atoms with Crippen molar-refractivity contribution in [3.05, 3.63) is 40.6 Å². The smallest absolute Gasteiger partial charge is 0.324 e. The summed E-state index contributed by atoms with van der Waals surface area (Å²) in [5, 5.41) is 13.9. The number of carbonyl (C=O) groups is 2. The minimum absolute atomic E-state index is 0.175. The number of hydrogen-bond acceptors (Lipinski definition) is 5. The standard InChI is InChI=1S/C14H16ClN5O2/c1-3-11(20-17-2)9(8-16)13(21)19-14(22)18-12-7-5-4-6-10(12)15/h4-7,17,20H,3H2,1-2H3,(H2,18,19,21,22). The second kappa shape index (κ2) is 8.67. The van der Waals surface area contributed by atoms with E-state index in [1.54, 1.807) is 44.3 Å². The highest BCUT2D eigenvalue weighted by Crippen LogP contribution is 2.20. The van der Waals surface area contributed by atoms with E-state index in [4.69, 9.17) is 16.9 Å². The lowest BCUT2D eigenvalue weighted by Gasteiger charge is -2.11. The largest absolute Gasteiger partial charge is 0.326 e. The first kappa shape index (κ1) is 17.5. The van der Waals surface area contributed by atoms with Gasteiger partial charge in [0.1, 0.15) is 11.6 Å². The first-order chi connectivity index (χ1) is 10.5. The van der Waals surface area contributed by atoms with Gasteiger partial charge in [0.05, 0.1) is 10.7 Å². The molecule has 0 spiro atoms. The van der Waals surface area contributed by atoms with E-state index in [0.717, 1.165) is 0 Å². The maximum absolute atomic E-state index is 12.0. The van der Waals surface area contributed by atoms with E-state index in [1.807, 2.05) is 0 Å². The summed E-state index contributed by atoms with van der Waals surface area (Å²) in [7, 11) is 1.60. The molecule has 8 heteroatoms. The maximum Gasteiger partial charge on any atom is 0.326 e. The van der Waals surface area contributed by atoms with Gasteiger partial charge in [0.2, 0.25) is 0 Å². The predicted octanol–water partition coefficient (Wildman–Crippen LogP) is 1.90. The number of nitriles is 1. The lowest BCUT2D eigenvalue weighted by atomic mass is 10.2.